The largest absolute Gasteiger partial charge is 0.495 e. The van der Waals surface area contributed by atoms with Crippen molar-refractivity contribution >= 4 is 10.8 Å². The third-order valence-corrected chi connectivity index (χ3v) is 3.92. The lowest BCUT2D eigenvalue weighted by Gasteiger charge is -2.07. The van der Waals surface area contributed by atoms with Gasteiger partial charge in [-0.05, 0) is 23.6 Å². The molecule has 1 aromatic carbocycles. The van der Waals surface area contributed by atoms with Crippen LogP contribution in [-0.4, -0.2) is 17.1 Å². The van der Waals surface area contributed by atoms with Gasteiger partial charge in [-0.3, -0.25) is 4.21 Å². The molecule has 0 saturated heterocycles. The average molecular weight is 251 g/mol. The van der Waals surface area contributed by atoms with Crippen LogP contribution in [0.5, 0.6) is 5.75 Å². The van der Waals surface area contributed by atoms with E-state index in [-0.39, 0.29) is 0 Å². The summed E-state index contributed by atoms with van der Waals surface area (Å²) >= 11 is 0. The number of rotatable bonds is 5. The van der Waals surface area contributed by atoms with Crippen LogP contribution in [0.4, 0.5) is 0 Å². The molecule has 0 aliphatic rings. The summed E-state index contributed by atoms with van der Waals surface area (Å²) in [6.07, 6.45) is 0. The van der Waals surface area contributed by atoms with Crippen LogP contribution >= 0.6 is 0 Å². The fourth-order valence-electron chi connectivity index (χ4n) is 1.55. The Morgan fingerprint density at radius 3 is 2.71 bits per heavy atom. The van der Waals surface area contributed by atoms with E-state index in [1.807, 2.05) is 19.9 Å². The first-order valence-electron chi connectivity index (χ1n) is 5.48. The zero-order valence-corrected chi connectivity index (χ0v) is 11.2. The molecule has 0 bridgehead atoms. The van der Waals surface area contributed by atoms with Crippen LogP contribution < -0.4 is 4.74 Å². The molecule has 0 fully saturated rings. The molecule has 0 aromatic heterocycles. The number of benzene rings is 1. The minimum atomic E-state index is -0.870. The molecule has 0 saturated carbocycles. The summed E-state index contributed by atoms with van der Waals surface area (Å²) in [5.74, 6) is 2.17. The van der Waals surface area contributed by atoms with Crippen LogP contribution in [0.1, 0.15) is 25.0 Å². The molecule has 0 spiro atoms. The number of methoxy groups -OCH3 is 1. The van der Waals surface area contributed by atoms with E-state index in [0.29, 0.717) is 28.7 Å². The second-order valence-corrected chi connectivity index (χ2v) is 5.79. The molecule has 3 nitrogen and oxygen atoms in total. The van der Waals surface area contributed by atoms with Gasteiger partial charge in [0.1, 0.15) is 11.8 Å². The van der Waals surface area contributed by atoms with Crippen molar-refractivity contribution in [2.45, 2.75) is 19.6 Å². The van der Waals surface area contributed by atoms with Crippen LogP contribution in [0.25, 0.3) is 0 Å². The molecule has 1 unspecified atom stereocenters. The number of nitriles is 1. The Balaban J connectivity index is 2.80. The molecular formula is C13H17NO2S. The summed E-state index contributed by atoms with van der Waals surface area (Å²) in [5, 5.41) is 8.95. The highest BCUT2D eigenvalue weighted by atomic mass is 32.2. The average Bonchev–Trinajstić information content (AvgIpc) is 2.27. The zero-order chi connectivity index (χ0) is 12.8. The minimum Gasteiger partial charge on any atom is -0.495 e. The first-order chi connectivity index (χ1) is 8.06. The minimum absolute atomic E-state index is 0.421. The third-order valence-electron chi connectivity index (χ3n) is 2.23. The lowest BCUT2D eigenvalue weighted by molar-refractivity contribution is 0.413. The highest BCUT2D eigenvalue weighted by Gasteiger charge is 2.08. The predicted molar refractivity (Wildman–Crippen MR) is 69.3 cm³/mol. The lowest BCUT2D eigenvalue weighted by atomic mass is 10.1. The fraction of sp³-hybridized carbons (Fsp3) is 0.462. The number of hydrogen-bond donors (Lipinski definition) is 0. The van der Waals surface area contributed by atoms with Crippen LogP contribution in [-0.2, 0) is 16.6 Å². The quantitative estimate of drug-likeness (QED) is 0.807. The normalized spacial score (nSPS) is 12.2. The van der Waals surface area contributed by atoms with Gasteiger partial charge in [0.2, 0.25) is 0 Å². The van der Waals surface area contributed by atoms with Gasteiger partial charge in [-0.25, -0.2) is 0 Å². The maximum absolute atomic E-state index is 11.8. The molecule has 4 heteroatoms. The molecular weight excluding hydrogens is 234 g/mol. The second-order valence-electron chi connectivity index (χ2n) is 4.29. The van der Waals surface area contributed by atoms with Crippen LogP contribution in [0, 0.1) is 17.2 Å². The molecule has 0 amide bonds. The molecule has 0 aliphatic heterocycles. The Hall–Kier alpha value is -1.34. The number of nitrogens with zero attached hydrogens (tertiary/aromatic N) is 1. The maximum atomic E-state index is 11.8. The topological polar surface area (TPSA) is 50.1 Å². The van der Waals surface area contributed by atoms with Crippen molar-refractivity contribution < 1.29 is 8.95 Å². The molecule has 92 valence electrons. The molecule has 0 N–H and O–H groups in total. The van der Waals surface area contributed by atoms with E-state index in [2.05, 4.69) is 6.07 Å². The summed E-state index contributed by atoms with van der Waals surface area (Å²) in [7, 11) is 0.664. The maximum Gasteiger partial charge on any atom is 0.136 e. The van der Waals surface area contributed by atoms with Crippen LogP contribution in [0.15, 0.2) is 18.2 Å². The lowest BCUT2D eigenvalue weighted by Crippen LogP contribution is -2.06. The third kappa shape index (κ3) is 4.20. The van der Waals surface area contributed by atoms with Crippen molar-refractivity contribution in [2.24, 2.45) is 5.92 Å². The van der Waals surface area contributed by atoms with Gasteiger partial charge in [0, 0.05) is 22.3 Å². The van der Waals surface area contributed by atoms with Crippen molar-refractivity contribution in [1.29, 1.82) is 5.26 Å². The Morgan fingerprint density at radius 1 is 1.47 bits per heavy atom. The Labute approximate surface area is 105 Å². The number of hydrogen-bond acceptors (Lipinski definition) is 3. The SMILES string of the molecule is COc1ccc(CS(=O)CC(C)C)cc1C#N. The predicted octanol–water partition coefficient (Wildman–Crippen LogP) is 2.47. The summed E-state index contributed by atoms with van der Waals surface area (Å²) < 4.78 is 16.8. The molecule has 1 rings (SSSR count). The summed E-state index contributed by atoms with van der Waals surface area (Å²) in [6.45, 7) is 4.10. The van der Waals surface area contributed by atoms with Gasteiger partial charge in [0.15, 0.2) is 0 Å². The Morgan fingerprint density at radius 2 is 2.18 bits per heavy atom. The van der Waals surface area contributed by atoms with Crippen molar-refractivity contribution in [1.82, 2.24) is 0 Å². The molecule has 17 heavy (non-hydrogen) atoms. The van der Waals surface area contributed by atoms with Crippen LogP contribution in [0.2, 0.25) is 0 Å². The molecule has 0 radical (unpaired) electrons. The van der Waals surface area contributed by atoms with Gasteiger partial charge < -0.3 is 4.74 Å². The summed E-state index contributed by atoms with van der Waals surface area (Å²) in [4.78, 5) is 0. The van der Waals surface area contributed by atoms with Gasteiger partial charge in [-0.15, -0.1) is 0 Å². The fourth-order valence-corrected chi connectivity index (χ4v) is 2.96. The number of ether oxygens (including phenoxy) is 1. The highest BCUT2D eigenvalue weighted by molar-refractivity contribution is 7.84. The highest BCUT2D eigenvalue weighted by Crippen LogP contribution is 2.19. The second kappa shape index (κ2) is 6.41. The van der Waals surface area contributed by atoms with Gasteiger partial charge in [0.25, 0.3) is 0 Å². The van der Waals surface area contributed by atoms with Crippen molar-refractivity contribution in [2.75, 3.05) is 12.9 Å². The van der Waals surface area contributed by atoms with Crippen molar-refractivity contribution in [3.05, 3.63) is 29.3 Å². The van der Waals surface area contributed by atoms with E-state index in [4.69, 9.17) is 10.00 Å². The smallest absolute Gasteiger partial charge is 0.136 e. The Bertz CT molecular complexity index is 449. The molecule has 0 aliphatic carbocycles. The van der Waals surface area contributed by atoms with Gasteiger partial charge in [-0.1, -0.05) is 19.9 Å². The molecule has 1 atom stereocenters. The van der Waals surface area contributed by atoms with Gasteiger partial charge >= 0.3 is 0 Å². The van der Waals surface area contributed by atoms with E-state index in [1.54, 1.807) is 12.1 Å². The summed E-state index contributed by atoms with van der Waals surface area (Å²) in [6, 6.07) is 7.43. The summed E-state index contributed by atoms with van der Waals surface area (Å²) in [5.41, 5.74) is 1.41. The van der Waals surface area contributed by atoms with Gasteiger partial charge in [0.05, 0.1) is 12.7 Å². The monoisotopic (exact) mass is 251 g/mol. The first kappa shape index (κ1) is 13.7. The van der Waals surface area contributed by atoms with E-state index in [9.17, 15) is 4.21 Å². The van der Waals surface area contributed by atoms with E-state index in [0.717, 1.165) is 5.56 Å². The standard InChI is InChI=1S/C13H17NO2S/c1-10(2)8-17(15)9-11-4-5-13(16-3)12(6-11)7-14/h4-6,10H,8-9H2,1-3H3. The zero-order valence-electron chi connectivity index (χ0n) is 10.4. The van der Waals surface area contributed by atoms with Crippen LogP contribution in [0.3, 0.4) is 0 Å². The van der Waals surface area contributed by atoms with E-state index in [1.165, 1.54) is 7.11 Å². The van der Waals surface area contributed by atoms with Crippen molar-refractivity contribution in [3.63, 3.8) is 0 Å². The molecule has 0 heterocycles. The molecule has 1 aromatic rings. The first-order valence-corrected chi connectivity index (χ1v) is 6.97. The van der Waals surface area contributed by atoms with Crippen molar-refractivity contribution in [3.8, 4) is 11.8 Å². The van der Waals surface area contributed by atoms with E-state index < -0.39 is 10.8 Å². The Kier molecular flexibility index (Phi) is 5.17. The van der Waals surface area contributed by atoms with E-state index >= 15 is 0 Å². The van der Waals surface area contributed by atoms with Gasteiger partial charge in [-0.2, -0.15) is 5.26 Å².